The van der Waals surface area contributed by atoms with Crippen molar-refractivity contribution in [3.8, 4) is 0 Å². The van der Waals surface area contributed by atoms with E-state index in [1.165, 1.54) is 38.5 Å². The molecule has 0 saturated heterocycles. The Morgan fingerprint density at radius 3 is 2.55 bits per heavy atom. The highest BCUT2D eigenvalue weighted by Gasteiger charge is 2.26. The van der Waals surface area contributed by atoms with Gasteiger partial charge in [-0.05, 0) is 51.0 Å². The third-order valence-corrected chi connectivity index (χ3v) is 6.13. The van der Waals surface area contributed by atoms with E-state index in [1.807, 2.05) is 11.8 Å². The fourth-order valence-electron chi connectivity index (χ4n) is 3.38. The van der Waals surface area contributed by atoms with Gasteiger partial charge in [0.25, 0.3) is 0 Å². The van der Waals surface area contributed by atoms with E-state index in [0.29, 0.717) is 11.8 Å². The molecule has 2 saturated carbocycles. The summed E-state index contributed by atoms with van der Waals surface area (Å²) >= 11 is 2.00. The molecule has 3 rings (SSSR count). The molecule has 1 aromatic rings. The maximum Gasteiger partial charge on any atom is 0.229 e. The van der Waals surface area contributed by atoms with Gasteiger partial charge < -0.3 is 10.3 Å². The summed E-state index contributed by atoms with van der Waals surface area (Å²) < 4.78 is 5.48. The SMILES string of the molecule is NCC1CCC(c2nc(CSC3CCCC3)no2)CC1. The monoisotopic (exact) mass is 295 g/mol. The summed E-state index contributed by atoms with van der Waals surface area (Å²) in [5, 5.41) is 4.98. The molecule has 0 amide bonds. The average Bonchev–Trinajstić information content (AvgIpc) is 3.17. The Morgan fingerprint density at radius 2 is 1.85 bits per heavy atom. The molecule has 0 bridgehead atoms. The molecule has 0 radical (unpaired) electrons. The van der Waals surface area contributed by atoms with E-state index in [1.54, 1.807) is 0 Å². The minimum atomic E-state index is 0.468. The van der Waals surface area contributed by atoms with E-state index in [9.17, 15) is 0 Å². The Bertz CT molecular complexity index is 409. The van der Waals surface area contributed by atoms with Crippen molar-refractivity contribution < 1.29 is 4.52 Å². The van der Waals surface area contributed by atoms with Gasteiger partial charge >= 0.3 is 0 Å². The summed E-state index contributed by atoms with van der Waals surface area (Å²) in [5.74, 6) is 3.83. The summed E-state index contributed by atoms with van der Waals surface area (Å²) in [6.45, 7) is 0.819. The predicted molar refractivity (Wildman–Crippen MR) is 81.6 cm³/mol. The minimum Gasteiger partial charge on any atom is -0.339 e. The highest BCUT2D eigenvalue weighted by molar-refractivity contribution is 7.99. The van der Waals surface area contributed by atoms with E-state index >= 15 is 0 Å². The molecule has 2 aliphatic carbocycles. The van der Waals surface area contributed by atoms with Crippen LogP contribution in [0.25, 0.3) is 0 Å². The van der Waals surface area contributed by atoms with E-state index in [4.69, 9.17) is 10.3 Å². The third kappa shape index (κ3) is 3.55. The maximum atomic E-state index is 5.74. The number of hydrogen-bond acceptors (Lipinski definition) is 5. The zero-order valence-electron chi connectivity index (χ0n) is 12.1. The van der Waals surface area contributed by atoms with Crippen molar-refractivity contribution in [1.82, 2.24) is 10.1 Å². The second-order valence-corrected chi connectivity index (χ2v) is 7.51. The Labute approximate surface area is 125 Å². The van der Waals surface area contributed by atoms with Crippen molar-refractivity contribution in [2.24, 2.45) is 11.7 Å². The summed E-state index contributed by atoms with van der Waals surface area (Å²) in [7, 11) is 0. The highest BCUT2D eigenvalue weighted by Crippen LogP contribution is 2.35. The molecule has 2 aliphatic rings. The predicted octanol–water partition coefficient (Wildman–Crippen LogP) is 3.48. The molecule has 0 aromatic carbocycles. The minimum absolute atomic E-state index is 0.468. The van der Waals surface area contributed by atoms with Crippen LogP contribution in [0.3, 0.4) is 0 Å². The molecule has 1 heterocycles. The number of aromatic nitrogens is 2. The van der Waals surface area contributed by atoms with Gasteiger partial charge in [0.15, 0.2) is 5.82 Å². The molecule has 2 fully saturated rings. The van der Waals surface area contributed by atoms with Crippen LogP contribution in [0.4, 0.5) is 0 Å². The number of thioether (sulfide) groups is 1. The van der Waals surface area contributed by atoms with Crippen molar-refractivity contribution in [2.45, 2.75) is 68.3 Å². The molecular weight excluding hydrogens is 270 g/mol. The van der Waals surface area contributed by atoms with Crippen LogP contribution in [0.15, 0.2) is 4.52 Å². The molecule has 0 atom stereocenters. The van der Waals surface area contributed by atoms with Gasteiger partial charge in [-0.1, -0.05) is 18.0 Å². The summed E-state index contributed by atoms with van der Waals surface area (Å²) in [6, 6.07) is 0. The molecule has 1 aromatic heterocycles. The first-order valence-electron chi connectivity index (χ1n) is 7.99. The quantitative estimate of drug-likeness (QED) is 0.901. The number of rotatable bonds is 5. The third-order valence-electron chi connectivity index (χ3n) is 4.76. The van der Waals surface area contributed by atoms with Crippen molar-refractivity contribution in [3.63, 3.8) is 0 Å². The average molecular weight is 295 g/mol. The van der Waals surface area contributed by atoms with E-state index in [2.05, 4.69) is 10.1 Å². The van der Waals surface area contributed by atoms with Crippen LogP contribution in [0.1, 0.15) is 69.0 Å². The lowest BCUT2D eigenvalue weighted by atomic mass is 9.82. The number of nitrogens with two attached hydrogens (primary N) is 1. The summed E-state index contributed by atoms with van der Waals surface area (Å²) in [6.07, 6.45) is 10.2. The van der Waals surface area contributed by atoms with Gasteiger partial charge in [-0.15, -0.1) is 0 Å². The lowest BCUT2D eigenvalue weighted by Crippen LogP contribution is -2.20. The van der Waals surface area contributed by atoms with E-state index in [-0.39, 0.29) is 0 Å². The number of hydrogen-bond donors (Lipinski definition) is 1. The second-order valence-electron chi connectivity index (χ2n) is 6.22. The van der Waals surface area contributed by atoms with Crippen LogP contribution in [-0.2, 0) is 5.75 Å². The standard InChI is InChI=1S/C15H25N3OS/c16-9-11-5-7-12(8-6-11)15-17-14(18-19-15)10-20-13-3-1-2-4-13/h11-13H,1-10,16H2. The van der Waals surface area contributed by atoms with Crippen LogP contribution in [0, 0.1) is 5.92 Å². The molecule has 20 heavy (non-hydrogen) atoms. The van der Waals surface area contributed by atoms with Gasteiger partial charge in [0.05, 0.1) is 5.75 Å². The number of nitrogens with zero attached hydrogens (tertiary/aromatic N) is 2. The van der Waals surface area contributed by atoms with Crippen LogP contribution in [0.5, 0.6) is 0 Å². The first kappa shape index (κ1) is 14.4. The Balaban J connectivity index is 1.49. The van der Waals surface area contributed by atoms with Gasteiger partial charge in [-0.3, -0.25) is 0 Å². The lowest BCUT2D eigenvalue weighted by Gasteiger charge is -2.24. The molecular formula is C15H25N3OS. The highest BCUT2D eigenvalue weighted by atomic mass is 32.2. The maximum absolute atomic E-state index is 5.74. The summed E-state index contributed by atoms with van der Waals surface area (Å²) in [4.78, 5) is 4.62. The largest absolute Gasteiger partial charge is 0.339 e. The Morgan fingerprint density at radius 1 is 1.10 bits per heavy atom. The lowest BCUT2D eigenvalue weighted by molar-refractivity contribution is 0.274. The molecule has 5 heteroatoms. The topological polar surface area (TPSA) is 64.9 Å². The molecule has 112 valence electrons. The fraction of sp³-hybridized carbons (Fsp3) is 0.867. The first-order chi connectivity index (χ1) is 9.85. The van der Waals surface area contributed by atoms with Gasteiger partial charge in [0, 0.05) is 11.2 Å². The smallest absolute Gasteiger partial charge is 0.229 e. The Kier molecular flexibility index (Phi) is 4.99. The molecule has 2 N–H and O–H groups in total. The van der Waals surface area contributed by atoms with Crippen LogP contribution in [0.2, 0.25) is 0 Å². The zero-order chi connectivity index (χ0) is 13.8. The Hall–Kier alpha value is -0.550. The molecule has 4 nitrogen and oxygen atoms in total. The van der Waals surface area contributed by atoms with Crippen molar-refractivity contribution in [1.29, 1.82) is 0 Å². The first-order valence-corrected chi connectivity index (χ1v) is 9.04. The zero-order valence-corrected chi connectivity index (χ0v) is 12.9. The van der Waals surface area contributed by atoms with Gasteiger partial charge in [-0.2, -0.15) is 16.7 Å². The summed E-state index contributed by atoms with van der Waals surface area (Å²) in [5.41, 5.74) is 5.74. The van der Waals surface area contributed by atoms with Gasteiger partial charge in [0.1, 0.15) is 0 Å². The van der Waals surface area contributed by atoms with Crippen LogP contribution >= 0.6 is 11.8 Å². The molecule has 0 spiro atoms. The second kappa shape index (κ2) is 6.94. The van der Waals surface area contributed by atoms with Gasteiger partial charge in [0.2, 0.25) is 5.89 Å². The van der Waals surface area contributed by atoms with Gasteiger partial charge in [-0.25, -0.2) is 0 Å². The molecule has 0 unspecified atom stereocenters. The normalized spacial score (nSPS) is 28.1. The van der Waals surface area contributed by atoms with Crippen molar-refractivity contribution in [2.75, 3.05) is 6.54 Å². The van der Waals surface area contributed by atoms with E-state index < -0.39 is 0 Å². The van der Waals surface area contributed by atoms with Crippen LogP contribution < -0.4 is 5.73 Å². The van der Waals surface area contributed by atoms with Crippen LogP contribution in [-0.4, -0.2) is 21.9 Å². The molecule has 0 aliphatic heterocycles. The fourth-order valence-corrected chi connectivity index (χ4v) is 4.55. The van der Waals surface area contributed by atoms with E-state index in [0.717, 1.165) is 42.1 Å². The van der Waals surface area contributed by atoms with Crippen molar-refractivity contribution >= 4 is 11.8 Å². The van der Waals surface area contributed by atoms with Crippen molar-refractivity contribution in [3.05, 3.63) is 11.7 Å².